The van der Waals surface area contributed by atoms with Crippen molar-refractivity contribution in [1.29, 1.82) is 0 Å². The molecule has 0 bridgehead atoms. The molecule has 0 aliphatic heterocycles. The van der Waals surface area contributed by atoms with E-state index in [4.69, 9.17) is 4.74 Å². The van der Waals surface area contributed by atoms with Crippen molar-refractivity contribution in [3.05, 3.63) is 59.9 Å². The van der Waals surface area contributed by atoms with Gasteiger partial charge >= 0.3 is 0 Å². The fourth-order valence-corrected chi connectivity index (χ4v) is 1.55. The van der Waals surface area contributed by atoms with Gasteiger partial charge in [-0.3, -0.25) is 4.98 Å². The molecule has 0 aliphatic rings. The third-order valence-electron chi connectivity index (χ3n) is 2.29. The summed E-state index contributed by atoms with van der Waals surface area (Å²) in [5.74, 6) is 0.920. The van der Waals surface area contributed by atoms with Gasteiger partial charge in [-0.15, -0.1) is 0 Å². The highest BCUT2D eigenvalue weighted by Gasteiger charge is 2.02. The largest absolute Gasteiger partial charge is 0.496 e. The second kappa shape index (κ2) is 4.60. The summed E-state index contributed by atoms with van der Waals surface area (Å²) >= 11 is 0. The predicted molar refractivity (Wildman–Crippen MR) is 60.0 cm³/mol. The number of para-hydroxylation sites is 1. The van der Waals surface area contributed by atoms with Crippen LogP contribution in [-0.2, 0) is 6.42 Å². The van der Waals surface area contributed by atoms with Gasteiger partial charge < -0.3 is 4.74 Å². The zero-order valence-electron chi connectivity index (χ0n) is 8.68. The van der Waals surface area contributed by atoms with Crippen molar-refractivity contribution in [2.75, 3.05) is 7.11 Å². The van der Waals surface area contributed by atoms with Crippen LogP contribution in [0.4, 0.5) is 0 Å². The molecule has 1 aromatic carbocycles. The van der Waals surface area contributed by atoms with Crippen LogP contribution in [0.2, 0.25) is 0 Å². The quantitative estimate of drug-likeness (QED) is 0.758. The van der Waals surface area contributed by atoms with Crippen LogP contribution in [0.25, 0.3) is 0 Å². The average Bonchev–Trinajstić information content (AvgIpc) is 2.31. The topological polar surface area (TPSA) is 22.1 Å². The van der Waals surface area contributed by atoms with E-state index < -0.39 is 0 Å². The summed E-state index contributed by atoms with van der Waals surface area (Å²) in [5, 5.41) is 0. The molecule has 0 unspecified atom stereocenters. The zero-order chi connectivity index (χ0) is 10.5. The fraction of sp³-hybridized carbons (Fsp3) is 0.154. The molecule has 0 atom stereocenters. The molecule has 0 saturated heterocycles. The van der Waals surface area contributed by atoms with Crippen molar-refractivity contribution in [3.8, 4) is 5.75 Å². The van der Waals surface area contributed by atoms with Crippen molar-refractivity contribution < 1.29 is 4.74 Å². The van der Waals surface area contributed by atoms with Gasteiger partial charge in [0, 0.05) is 23.9 Å². The van der Waals surface area contributed by atoms with Gasteiger partial charge in [0.1, 0.15) is 5.75 Å². The summed E-state index contributed by atoms with van der Waals surface area (Å²) in [6.07, 6.45) is 2.62. The number of hydrogen-bond acceptors (Lipinski definition) is 2. The standard InChI is InChI=1S/C13H13NO/c1-15-13-8-3-2-6-11(13)10-12-7-4-5-9-14-12/h2-9H,10H2,1H3. The van der Waals surface area contributed by atoms with Crippen LogP contribution < -0.4 is 4.74 Å². The Morgan fingerprint density at radius 1 is 1.07 bits per heavy atom. The highest BCUT2D eigenvalue weighted by atomic mass is 16.5. The van der Waals surface area contributed by atoms with Gasteiger partial charge in [-0.25, -0.2) is 0 Å². The first kappa shape index (κ1) is 9.71. The van der Waals surface area contributed by atoms with Gasteiger partial charge in [0.15, 0.2) is 0 Å². The summed E-state index contributed by atoms with van der Waals surface area (Å²) in [6.45, 7) is 0. The molecule has 2 rings (SSSR count). The van der Waals surface area contributed by atoms with Crippen LogP contribution >= 0.6 is 0 Å². The Hall–Kier alpha value is -1.83. The number of aromatic nitrogens is 1. The molecule has 0 fully saturated rings. The Bertz CT molecular complexity index is 426. The maximum atomic E-state index is 5.29. The van der Waals surface area contributed by atoms with E-state index in [9.17, 15) is 0 Å². The van der Waals surface area contributed by atoms with Crippen LogP contribution in [0.3, 0.4) is 0 Å². The molecule has 2 nitrogen and oxygen atoms in total. The van der Waals surface area contributed by atoms with E-state index in [0.717, 1.165) is 17.9 Å². The molecule has 2 aromatic rings. The van der Waals surface area contributed by atoms with Crippen molar-refractivity contribution in [2.45, 2.75) is 6.42 Å². The van der Waals surface area contributed by atoms with Crippen LogP contribution in [-0.4, -0.2) is 12.1 Å². The fourth-order valence-electron chi connectivity index (χ4n) is 1.55. The number of nitrogens with zero attached hydrogens (tertiary/aromatic N) is 1. The Morgan fingerprint density at radius 3 is 2.60 bits per heavy atom. The molecular formula is C13H13NO. The lowest BCUT2D eigenvalue weighted by molar-refractivity contribution is 0.410. The van der Waals surface area contributed by atoms with E-state index in [-0.39, 0.29) is 0 Å². The van der Waals surface area contributed by atoms with Crippen LogP contribution in [0.1, 0.15) is 11.3 Å². The number of pyridine rings is 1. The average molecular weight is 199 g/mol. The number of benzene rings is 1. The van der Waals surface area contributed by atoms with E-state index in [1.165, 1.54) is 5.56 Å². The SMILES string of the molecule is COc1ccccc1Cc1ccccn1. The molecule has 2 heteroatoms. The first-order valence-corrected chi connectivity index (χ1v) is 4.92. The molecular weight excluding hydrogens is 186 g/mol. The second-order valence-corrected chi connectivity index (χ2v) is 3.31. The van der Waals surface area contributed by atoms with Crippen LogP contribution in [0.5, 0.6) is 5.75 Å². The number of rotatable bonds is 3. The summed E-state index contributed by atoms with van der Waals surface area (Å²) in [4.78, 5) is 4.29. The molecule has 0 amide bonds. The molecule has 0 saturated carbocycles. The molecule has 0 radical (unpaired) electrons. The van der Waals surface area contributed by atoms with Crippen molar-refractivity contribution in [1.82, 2.24) is 4.98 Å². The molecule has 0 spiro atoms. The lowest BCUT2D eigenvalue weighted by Crippen LogP contribution is -1.94. The Balaban J connectivity index is 2.24. The smallest absolute Gasteiger partial charge is 0.122 e. The van der Waals surface area contributed by atoms with Crippen molar-refractivity contribution >= 4 is 0 Å². The van der Waals surface area contributed by atoms with E-state index in [1.807, 2.05) is 42.6 Å². The van der Waals surface area contributed by atoms with E-state index in [2.05, 4.69) is 11.1 Å². The van der Waals surface area contributed by atoms with Gasteiger partial charge in [0.05, 0.1) is 7.11 Å². The van der Waals surface area contributed by atoms with Crippen LogP contribution in [0.15, 0.2) is 48.7 Å². The van der Waals surface area contributed by atoms with E-state index in [0.29, 0.717) is 0 Å². The van der Waals surface area contributed by atoms with Crippen LogP contribution in [0, 0.1) is 0 Å². The Kier molecular flexibility index (Phi) is 2.98. The van der Waals surface area contributed by atoms with Gasteiger partial charge in [0.25, 0.3) is 0 Å². The molecule has 1 aromatic heterocycles. The van der Waals surface area contributed by atoms with Crippen molar-refractivity contribution in [2.24, 2.45) is 0 Å². The normalized spacial score (nSPS) is 9.93. The van der Waals surface area contributed by atoms with Gasteiger partial charge in [-0.05, 0) is 18.2 Å². The van der Waals surface area contributed by atoms with E-state index >= 15 is 0 Å². The predicted octanol–water partition coefficient (Wildman–Crippen LogP) is 2.68. The maximum absolute atomic E-state index is 5.29. The molecule has 1 heterocycles. The summed E-state index contributed by atoms with van der Waals surface area (Å²) in [5.41, 5.74) is 2.22. The number of ether oxygens (including phenoxy) is 1. The molecule has 0 N–H and O–H groups in total. The minimum absolute atomic E-state index is 0.810. The summed E-state index contributed by atoms with van der Waals surface area (Å²) in [7, 11) is 1.69. The highest BCUT2D eigenvalue weighted by molar-refractivity contribution is 5.35. The van der Waals surface area contributed by atoms with Gasteiger partial charge in [-0.1, -0.05) is 24.3 Å². The minimum Gasteiger partial charge on any atom is -0.496 e. The third kappa shape index (κ3) is 2.34. The zero-order valence-corrected chi connectivity index (χ0v) is 8.68. The van der Waals surface area contributed by atoms with Gasteiger partial charge in [-0.2, -0.15) is 0 Å². The van der Waals surface area contributed by atoms with E-state index in [1.54, 1.807) is 7.11 Å². The second-order valence-electron chi connectivity index (χ2n) is 3.31. The monoisotopic (exact) mass is 199 g/mol. The van der Waals surface area contributed by atoms with Gasteiger partial charge in [0.2, 0.25) is 0 Å². The molecule has 76 valence electrons. The highest BCUT2D eigenvalue weighted by Crippen LogP contribution is 2.19. The Morgan fingerprint density at radius 2 is 1.87 bits per heavy atom. The molecule has 0 aliphatic carbocycles. The van der Waals surface area contributed by atoms with Crippen molar-refractivity contribution in [3.63, 3.8) is 0 Å². The number of hydrogen-bond donors (Lipinski definition) is 0. The summed E-state index contributed by atoms with van der Waals surface area (Å²) in [6, 6.07) is 14.0. The minimum atomic E-state index is 0.810. The first-order valence-electron chi connectivity index (χ1n) is 4.92. The maximum Gasteiger partial charge on any atom is 0.122 e. The lowest BCUT2D eigenvalue weighted by atomic mass is 10.1. The number of methoxy groups -OCH3 is 1. The Labute approximate surface area is 89.6 Å². The third-order valence-corrected chi connectivity index (χ3v) is 2.29. The first-order chi connectivity index (χ1) is 7.40. The summed E-state index contributed by atoms with van der Waals surface area (Å²) < 4.78 is 5.29. The molecule has 15 heavy (non-hydrogen) atoms. The lowest BCUT2D eigenvalue weighted by Gasteiger charge is -2.07.